The molecule has 3 N–H and O–H groups in total. The number of amides is 2. The molecule has 0 bridgehead atoms. The van der Waals surface area contributed by atoms with Gasteiger partial charge in [0.2, 0.25) is 5.91 Å². The summed E-state index contributed by atoms with van der Waals surface area (Å²) in [6.07, 6.45) is 0.885. The molecule has 1 heterocycles. The quantitative estimate of drug-likeness (QED) is 0.525. The molecule has 0 spiro atoms. The Bertz CT molecular complexity index is 1050. The van der Waals surface area contributed by atoms with Crippen LogP contribution in [0.3, 0.4) is 0 Å². The Kier molecular flexibility index (Phi) is 6.61. The molecule has 4 rings (SSSR count). The standard InChI is InChI=1S/C28H31N3O2/c1-31(20-18-30-26(32)22-11-5-2-6-12-22)19-17-25(21-31)28(27(29)33,23-13-7-3-8-14-23)24-15-9-4-10-16-24/h2-16,25H,17-21H2,1H3,(H2-,29,30,32,33)/p+1/t25-,31?/m1/s1. The molecule has 2 atom stereocenters. The molecule has 0 aromatic heterocycles. The van der Waals surface area contributed by atoms with Gasteiger partial charge >= 0.3 is 0 Å². The fourth-order valence-electron chi connectivity index (χ4n) is 5.40. The van der Waals surface area contributed by atoms with Crippen LogP contribution in [0.5, 0.6) is 0 Å². The van der Waals surface area contributed by atoms with Crippen LogP contribution in [0.2, 0.25) is 0 Å². The maximum absolute atomic E-state index is 13.2. The van der Waals surface area contributed by atoms with Crippen LogP contribution in [0.15, 0.2) is 91.0 Å². The van der Waals surface area contributed by atoms with Gasteiger partial charge < -0.3 is 15.5 Å². The Morgan fingerprint density at radius 1 is 0.909 bits per heavy atom. The molecular weight excluding hydrogens is 410 g/mol. The summed E-state index contributed by atoms with van der Waals surface area (Å²) < 4.78 is 0.786. The highest BCUT2D eigenvalue weighted by Gasteiger charge is 2.53. The lowest BCUT2D eigenvalue weighted by Gasteiger charge is -2.38. The minimum Gasteiger partial charge on any atom is -0.369 e. The van der Waals surface area contributed by atoms with Crippen molar-refractivity contribution in [1.29, 1.82) is 0 Å². The summed E-state index contributed by atoms with van der Waals surface area (Å²) in [5.74, 6) is -0.302. The highest BCUT2D eigenvalue weighted by Crippen LogP contribution is 2.44. The number of likely N-dealkylation sites (N-methyl/N-ethyl adjacent to an activating group) is 1. The molecule has 33 heavy (non-hydrogen) atoms. The number of hydrogen-bond donors (Lipinski definition) is 2. The predicted molar refractivity (Wildman–Crippen MR) is 131 cm³/mol. The minimum atomic E-state index is -0.883. The largest absolute Gasteiger partial charge is 0.369 e. The van der Waals surface area contributed by atoms with Crippen LogP contribution in [-0.4, -0.2) is 49.5 Å². The highest BCUT2D eigenvalue weighted by atomic mass is 16.2. The van der Waals surface area contributed by atoms with E-state index in [2.05, 4.69) is 12.4 Å². The average molecular weight is 443 g/mol. The van der Waals surface area contributed by atoms with Crippen molar-refractivity contribution >= 4 is 11.8 Å². The zero-order valence-electron chi connectivity index (χ0n) is 19.1. The van der Waals surface area contributed by atoms with Gasteiger partial charge in [-0.25, -0.2) is 0 Å². The number of likely N-dealkylation sites (tertiary alicyclic amines) is 1. The molecule has 1 fully saturated rings. The topological polar surface area (TPSA) is 72.2 Å². The van der Waals surface area contributed by atoms with Crippen molar-refractivity contribution in [2.45, 2.75) is 11.8 Å². The van der Waals surface area contributed by atoms with Crippen molar-refractivity contribution in [3.05, 3.63) is 108 Å². The summed E-state index contributed by atoms with van der Waals surface area (Å²) in [6, 6.07) is 29.1. The van der Waals surface area contributed by atoms with Crippen LogP contribution in [0.25, 0.3) is 0 Å². The normalized spacial score (nSPS) is 20.3. The fraction of sp³-hybridized carbons (Fsp3) is 0.286. The Labute approximate surface area is 195 Å². The molecule has 0 radical (unpaired) electrons. The number of quaternary nitrogens is 1. The number of nitrogens with two attached hydrogens (primary N) is 1. The van der Waals surface area contributed by atoms with Crippen LogP contribution in [0.4, 0.5) is 0 Å². The second kappa shape index (κ2) is 9.59. The van der Waals surface area contributed by atoms with Gasteiger partial charge in [-0.1, -0.05) is 78.9 Å². The van der Waals surface area contributed by atoms with E-state index in [4.69, 9.17) is 5.73 Å². The van der Waals surface area contributed by atoms with Crippen molar-refractivity contribution in [3.8, 4) is 0 Å². The molecule has 5 nitrogen and oxygen atoms in total. The third-order valence-corrected chi connectivity index (χ3v) is 7.11. The van der Waals surface area contributed by atoms with Gasteiger partial charge in [0.1, 0.15) is 5.41 Å². The molecule has 3 aromatic carbocycles. The number of carbonyl (C=O) groups excluding carboxylic acids is 2. The molecule has 1 unspecified atom stereocenters. The lowest BCUT2D eigenvalue weighted by atomic mass is 9.64. The summed E-state index contributed by atoms with van der Waals surface area (Å²) in [4.78, 5) is 25.7. The molecule has 1 aliphatic heterocycles. The maximum Gasteiger partial charge on any atom is 0.251 e. The van der Waals surface area contributed by atoms with Crippen molar-refractivity contribution in [2.24, 2.45) is 11.7 Å². The molecule has 170 valence electrons. The van der Waals surface area contributed by atoms with Crippen molar-refractivity contribution < 1.29 is 14.1 Å². The highest BCUT2D eigenvalue weighted by molar-refractivity contribution is 5.94. The molecule has 5 heteroatoms. The first-order valence-corrected chi connectivity index (χ1v) is 11.5. The van der Waals surface area contributed by atoms with E-state index in [9.17, 15) is 9.59 Å². The van der Waals surface area contributed by atoms with E-state index in [1.54, 1.807) is 0 Å². The second-order valence-electron chi connectivity index (χ2n) is 9.26. The number of nitrogens with one attached hydrogen (secondary N) is 1. The SMILES string of the molecule is C[N+]1(CCNC(=O)c2ccccc2)CC[C@@H](C(C(N)=O)(c2ccccc2)c2ccccc2)C1. The van der Waals surface area contributed by atoms with Gasteiger partial charge in [-0.15, -0.1) is 0 Å². The summed E-state index contributed by atoms with van der Waals surface area (Å²) in [5.41, 5.74) is 7.88. The molecular formula is C28H32N3O2+. The van der Waals surface area contributed by atoms with E-state index < -0.39 is 5.41 Å². The Morgan fingerprint density at radius 2 is 1.42 bits per heavy atom. The molecule has 3 aromatic rings. The van der Waals surface area contributed by atoms with Gasteiger partial charge in [-0.3, -0.25) is 9.59 Å². The third-order valence-electron chi connectivity index (χ3n) is 7.11. The van der Waals surface area contributed by atoms with Gasteiger partial charge in [-0.05, 0) is 23.3 Å². The fourth-order valence-corrected chi connectivity index (χ4v) is 5.40. The van der Waals surface area contributed by atoms with Gasteiger partial charge in [0.05, 0.1) is 33.2 Å². The van der Waals surface area contributed by atoms with Crippen LogP contribution in [-0.2, 0) is 10.2 Å². The van der Waals surface area contributed by atoms with E-state index in [0.717, 1.165) is 41.7 Å². The number of benzene rings is 3. The zero-order valence-corrected chi connectivity index (χ0v) is 19.1. The van der Waals surface area contributed by atoms with E-state index in [-0.39, 0.29) is 17.7 Å². The number of hydrogen-bond acceptors (Lipinski definition) is 2. The monoisotopic (exact) mass is 442 g/mol. The van der Waals surface area contributed by atoms with E-state index >= 15 is 0 Å². The second-order valence-corrected chi connectivity index (χ2v) is 9.26. The molecule has 0 aliphatic carbocycles. The van der Waals surface area contributed by atoms with Gasteiger partial charge in [0.25, 0.3) is 5.91 Å². The first kappa shape index (κ1) is 22.7. The summed E-state index contributed by atoms with van der Waals surface area (Å²) in [5, 5.41) is 3.04. The average Bonchev–Trinajstić information content (AvgIpc) is 3.23. The van der Waals surface area contributed by atoms with E-state index in [0.29, 0.717) is 12.1 Å². The maximum atomic E-state index is 13.2. The van der Waals surface area contributed by atoms with Crippen LogP contribution in [0, 0.1) is 5.92 Å². The number of primary amides is 1. The summed E-state index contributed by atoms with van der Waals surface area (Å²) in [7, 11) is 2.20. The number of carbonyl (C=O) groups is 2. The molecule has 0 saturated carbocycles. The zero-order chi connectivity index (χ0) is 23.3. The van der Waals surface area contributed by atoms with E-state index in [1.165, 1.54) is 0 Å². The summed E-state index contributed by atoms with van der Waals surface area (Å²) >= 11 is 0. The van der Waals surface area contributed by atoms with Gasteiger partial charge in [0, 0.05) is 17.9 Å². The molecule has 2 amide bonds. The van der Waals surface area contributed by atoms with Crippen molar-refractivity contribution in [2.75, 3.05) is 33.2 Å². The molecule has 1 saturated heterocycles. The smallest absolute Gasteiger partial charge is 0.251 e. The van der Waals surface area contributed by atoms with Crippen molar-refractivity contribution in [1.82, 2.24) is 5.32 Å². The Morgan fingerprint density at radius 3 is 1.94 bits per heavy atom. The van der Waals surface area contributed by atoms with Gasteiger partial charge in [-0.2, -0.15) is 0 Å². The number of rotatable bonds is 8. The third kappa shape index (κ3) is 4.55. The Balaban J connectivity index is 1.55. The molecule has 1 aliphatic rings. The lowest BCUT2D eigenvalue weighted by molar-refractivity contribution is -0.898. The van der Waals surface area contributed by atoms with Crippen LogP contribution in [0.1, 0.15) is 27.9 Å². The van der Waals surface area contributed by atoms with Crippen LogP contribution < -0.4 is 11.1 Å². The Hall–Kier alpha value is -3.44. The first-order chi connectivity index (χ1) is 16.0. The first-order valence-electron chi connectivity index (χ1n) is 11.5. The minimum absolute atomic E-state index is 0.0574. The van der Waals surface area contributed by atoms with E-state index in [1.807, 2.05) is 91.0 Å². The van der Waals surface area contributed by atoms with Crippen molar-refractivity contribution in [3.63, 3.8) is 0 Å². The number of nitrogens with zero attached hydrogens (tertiary/aromatic N) is 1. The predicted octanol–water partition coefficient (Wildman–Crippen LogP) is 3.35. The summed E-state index contributed by atoms with van der Waals surface area (Å²) in [6.45, 7) is 3.12. The lowest BCUT2D eigenvalue weighted by Crippen LogP contribution is -2.52. The van der Waals surface area contributed by atoms with Crippen LogP contribution >= 0.6 is 0 Å². The van der Waals surface area contributed by atoms with Gasteiger partial charge in [0.15, 0.2) is 0 Å².